The van der Waals surface area contributed by atoms with Crippen molar-refractivity contribution >= 4 is 63.5 Å². The van der Waals surface area contributed by atoms with E-state index in [9.17, 15) is 16.8 Å². The quantitative estimate of drug-likeness (QED) is 0.137. The molecule has 2 saturated carbocycles. The van der Waals surface area contributed by atoms with E-state index in [4.69, 9.17) is 10.7 Å². The van der Waals surface area contributed by atoms with Crippen LogP contribution in [0.5, 0.6) is 0 Å². The van der Waals surface area contributed by atoms with Gasteiger partial charge in [-0.2, -0.15) is 4.31 Å². The zero-order valence-corrected chi connectivity index (χ0v) is 34.5. The van der Waals surface area contributed by atoms with Gasteiger partial charge in [0, 0.05) is 62.7 Å². The number of allylic oxidation sites excluding steroid dienone is 5. The predicted molar refractivity (Wildman–Crippen MR) is 224 cm³/mol. The molecule has 5 aromatic rings. The van der Waals surface area contributed by atoms with Gasteiger partial charge in [-0.15, -0.1) is 0 Å². The largest absolute Gasteiger partial charge is 0.355 e. The molecule has 13 nitrogen and oxygen atoms in total. The van der Waals surface area contributed by atoms with Crippen molar-refractivity contribution in [3.8, 4) is 0 Å². The molecule has 6 heterocycles. The third kappa shape index (κ3) is 8.49. The van der Waals surface area contributed by atoms with Crippen LogP contribution in [0.2, 0.25) is 0 Å². The first-order chi connectivity index (χ1) is 27.4. The van der Waals surface area contributed by atoms with Gasteiger partial charge >= 0.3 is 0 Å². The lowest BCUT2D eigenvalue weighted by molar-refractivity contribution is 0.320. The monoisotopic (exact) mass is 828 g/mol. The maximum Gasteiger partial charge on any atom is 0.295 e. The Labute approximate surface area is 338 Å². The highest BCUT2D eigenvalue weighted by atomic mass is 35.7. The number of nitrogens with zero attached hydrogens (tertiary/aromatic N) is 7. The van der Waals surface area contributed by atoms with Gasteiger partial charge < -0.3 is 19.8 Å². The van der Waals surface area contributed by atoms with Gasteiger partial charge in [0.2, 0.25) is 14.9 Å². The van der Waals surface area contributed by atoms with Crippen molar-refractivity contribution in [3.63, 3.8) is 0 Å². The van der Waals surface area contributed by atoms with E-state index in [-0.39, 0.29) is 10.4 Å². The number of rotatable bonds is 5. The molecular weight excluding hydrogens is 782 g/mol. The van der Waals surface area contributed by atoms with Gasteiger partial charge in [0.1, 0.15) is 41.7 Å². The number of aromatic amines is 2. The standard InChI is InChI=1S/C20H23N5O2S.C14H18N4.C7H6ClO2S/c1-15-3-5-16(6-4-15)28(26,27)25-12-2-11-24(13-20(25)8-9-20)19-17-7-10-21-18(17)22-14-23-19;1-2-8-18(9-14(4-1)5-6-14)13-11-3-7-15-12(11)16-10-17-13;1-6-2-4-7(5-3-6)11(8,9)10/h3-7,10,14H,2,8-9,11-13H2,1H3,(H,21,22,23);3,7,10H,1-2,4-6,8-9H2,(H,15,16,17);2-4H,1H3/q;;+1. The summed E-state index contributed by atoms with van der Waals surface area (Å²) >= 11 is 0. The lowest BCUT2D eigenvalue weighted by Gasteiger charge is -2.31. The zero-order chi connectivity index (χ0) is 39.8. The molecule has 16 heteroatoms. The fraction of sp³-hybridized carbons (Fsp3) is 0.415. The van der Waals surface area contributed by atoms with Crippen LogP contribution in [-0.4, -0.2) is 89.3 Å². The summed E-state index contributed by atoms with van der Waals surface area (Å²) in [5.41, 5.74) is 4.05. The fourth-order valence-electron chi connectivity index (χ4n) is 8.09. The molecule has 2 aliphatic heterocycles. The molecule has 0 bridgehead atoms. The van der Waals surface area contributed by atoms with Gasteiger partial charge in [0.25, 0.3) is 9.05 Å². The molecule has 2 saturated heterocycles. The first-order valence-corrected chi connectivity index (χ1v) is 23.2. The molecule has 0 amide bonds. The van der Waals surface area contributed by atoms with Crippen LogP contribution >= 0.6 is 10.7 Å². The lowest BCUT2D eigenvalue weighted by Crippen LogP contribution is -2.46. The SMILES string of the molecule is CC1=C[C+]=C(S(=O)(=O)Cl)C=C1.Cc1ccc(S(=O)(=O)N2CCCN(c3ncnc4[nH]ccc34)CC23CC3)cc1.c1nc(N2CCCCC3(CC3)C2)c2cc[nH]c2n1. The number of H-pyrrole nitrogens is 2. The van der Waals surface area contributed by atoms with Crippen LogP contribution in [0.3, 0.4) is 0 Å². The van der Waals surface area contributed by atoms with Gasteiger partial charge in [0.15, 0.2) is 0 Å². The van der Waals surface area contributed by atoms with Crippen LogP contribution in [-0.2, 0) is 19.1 Å². The van der Waals surface area contributed by atoms with Crippen molar-refractivity contribution in [2.45, 2.75) is 75.6 Å². The number of hydrogen-bond acceptors (Lipinski definition) is 10. The Morgan fingerprint density at radius 3 is 1.88 bits per heavy atom. The van der Waals surface area contributed by atoms with Crippen LogP contribution in [0.1, 0.15) is 63.9 Å². The molecule has 5 aliphatic rings. The van der Waals surface area contributed by atoms with Crippen LogP contribution < -0.4 is 9.80 Å². The van der Waals surface area contributed by atoms with Crippen molar-refractivity contribution in [2.24, 2.45) is 5.41 Å². The fourth-order valence-corrected chi connectivity index (χ4v) is 10.7. The Hall–Kier alpha value is -4.66. The van der Waals surface area contributed by atoms with Gasteiger partial charge in [-0.25, -0.2) is 36.8 Å². The second-order valence-corrected chi connectivity index (χ2v) is 20.2. The summed E-state index contributed by atoms with van der Waals surface area (Å²) in [5.74, 6) is 2.00. The average Bonchev–Trinajstić information content (AvgIpc) is 4.07. The highest BCUT2D eigenvalue weighted by molar-refractivity contribution is 8.17. The average molecular weight is 829 g/mol. The lowest BCUT2D eigenvalue weighted by atomic mass is 10.0. The Morgan fingerprint density at radius 2 is 1.32 bits per heavy atom. The molecule has 2 spiro atoms. The van der Waals surface area contributed by atoms with E-state index >= 15 is 0 Å². The van der Waals surface area contributed by atoms with Crippen LogP contribution in [0.4, 0.5) is 11.6 Å². The van der Waals surface area contributed by atoms with Crippen LogP contribution in [0, 0.1) is 18.4 Å². The molecule has 1 aromatic carbocycles. The van der Waals surface area contributed by atoms with E-state index in [2.05, 4.69) is 51.8 Å². The summed E-state index contributed by atoms with van der Waals surface area (Å²) in [6.45, 7) is 8.11. The van der Waals surface area contributed by atoms with Gasteiger partial charge in [-0.3, -0.25) is 0 Å². The Morgan fingerprint density at radius 1 is 0.702 bits per heavy atom. The maximum absolute atomic E-state index is 13.4. The third-order valence-corrected chi connectivity index (χ3v) is 14.9. The van der Waals surface area contributed by atoms with E-state index in [0.29, 0.717) is 23.4 Å². The van der Waals surface area contributed by atoms with E-state index < -0.39 is 19.1 Å². The first kappa shape index (κ1) is 39.2. The smallest absolute Gasteiger partial charge is 0.295 e. The molecule has 0 atom stereocenters. The molecule has 2 N–H and O–H groups in total. The zero-order valence-electron chi connectivity index (χ0n) is 32.2. The number of hydrogen-bond donors (Lipinski definition) is 2. The summed E-state index contributed by atoms with van der Waals surface area (Å²) in [6.07, 6.45) is 23.7. The Kier molecular flexibility index (Phi) is 10.7. The number of aromatic nitrogens is 6. The molecule has 57 heavy (non-hydrogen) atoms. The molecule has 298 valence electrons. The summed E-state index contributed by atoms with van der Waals surface area (Å²) < 4.78 is 49.9. The van der Waals surface area contributed by atoms with Crippen molar-refractivity contribution in [1.29, 1.82) is 0 Å². The number of anilines is 2. The van der Waals surface area contributed by atoms with Crippen molar-refractivity contribution in [3.05, 3.63) is 102 Å². The molecule has 4 fully saturated rings. The molecule has 0 unspecified atom stereocenters. The highest BCUT2D eigenvalue weighted by Gasteiger charge is 2.55. The van der Waals surface area contributed by atoms with Crippen molar-refractivity contribution in [1.82, 2.24) is 34.2 Å². The number of aryl methyl sites for hydroxylation is 1. The first-order valence-electron chi connectivity index (χ1n) is 19.4. The number of fused-ring (bicyclic) bond motifs is 2. The number of sulfonamides is 1. The molecule has 3 aliphatic carbocycles. The maximum atomic E-state index is 13.4. The molecule has 10 rings (SSSR count). The van der Waals surface area contributed by atoms with Gasteiger partial charge in [0.05, 0.1) is 45.0 Å². The van der Waals surface area contributed by atoms with Crippen molar-refractivity contribution < 1.29 is 16.8 Å². The number of benzene rings is 1. The van der Waals surface area contributed by atoms with Crippen LogP contribution in [0.15, 0.2) is 95.0 Å². The van der Waals surface area contributed by atoms with Crippen molar-refractivity contribution in [2.75, 3.05) is 42.5 Å². The summed E-state index contributed by atoms with van der Waals surface area (Å²) in [4.78, 5) is 29.0. The minimum Gasteiger partial charge on any atom is -0.355 e. The summed E-state index contributed by atoms with van der Waals surface area (Å²) in [7, 11) is -2.07. The topological polar surface area (TPSA) is 161 Å². The number of nitrogens with one attached hydrogen (secondary N) is 2. The summed E-state index contributed by atoms with van der Waals surface area (Å²) in [6, 6.07) is 11.2. The third-order valence-electron chi connectivity index (χ3n) is 11.6. The van der Waals surface area contributed by atoms with E-state index in [0.717, 1.165) is 77.2 Å². The highest BCUT2D eigenvalue weighted by Crippen LogP contribution is 2.52. The normalized spacial score (nSPS) is 20.1. The van der Waals surface area contributed by atoms with Gasteiger partial charge in [-0.1, -0.05) is 24.1 Å². The summed E-state index contributed by atoms with van der Waals surface area (Å²) in [5, 5.41) is 2.14. The molecule has 0 radical (unpaired) electrons. The minimum absolute atomic E-state index is 0.0183. The van der Waals surface area contributed by atoms with E-state index in [1.165, 1.54) is 44.7 Å². The van der Waals surface area contributed by atoms with E-state index in [1.54, 1.807) is 41.2 Å². The number of halogens is 1. The molecule has 4 aromatic heterocycles. The minimum atomic E-state index is -3.60. The molecular formula is C41H47ClN9O4S2+. The predicted octanol–water partition coefficient (Wildman–Crippen LogP) is 7.19. The van der Waals surface area contributed by atoms with Crippen LogP contribution in [0.25, 0.3) is 22.1 Å². The Balaban J connectivity index is 0.000000134. The Bertz CT molecular complexity index is 2570. The second kappa shape index (κ2) is 15.6. The second-order valence-electron chi connectivity index (χ2n) is 15.8. The van der Waals surface area contributed by atoms with E-state index in [1.807, 2.05) is 44.4 Å². The van der Waals surface area contributed by atoms with Gasteiger partial charge in [-0.05, 0) is 81.5 Å².